The van der Waals surface area contributed by atoms with Crippen molar-refractivity contribution in [3.05, 3.63) is 54.0 Å². The number of rotatable bonds is 6. The Morgan fingerprint density at radius 3 is 2.65 bits per heavy atom. The number of hydrogen-bond acceptors (Lipinski definition) is 7. The first-order valence-corrected chi connectivity index (χ1v) is 10.7. The molecule has 5 rings (SSSR count). The van der Waals surface area contributed by atoms with E-state index < -0.39 is 0 Å². The lowest BCUT2D eigenvalue weighted by Crippen LogP contribution is -2.50. The molecule has 1 saturated carbocycles. The third-order valence-corrected chi connectivity index (χ3v) is 5.78. The molecule has 3 aromatic rings. The van der Waals surface area contributed by atoms with Crippen molar-refractivity contribution >= 4 is 11.7 Å². The van der Waals surface area contributed by atoms with Gasteiger partial charge in [0, 0.05) is 43.9 Å². The lowest BCUT2D eigenvalue weighted by Gasteiger charge is -2.35. The molecule has 0 radical (unpaired) electrons. The number of nitrogens with zero attached hydrogens (tertiary/aromatic N) is 5. The maximum atomic E-state index is 12.5. The Kier molecular flexibility index (Phi) is 5.28. The quantitative estimate of drug-likeness (QED) is 0.607. The summed E-state index contributed by atoms with van der Waals surface area (Å²) in [6.45, 7) is 4.80. The third-order valence-electron chi connectivity index (χ3n) is 5.78. The van der Waals surface area contributed by atoms with Crippen molar-refractivity contribution in [3.63, 3.8) is 0 Å². The van der Waals surface area contributed by atoms with E-state index in [4.69, 9.17) is 9.26 Å². The second-order valence-corrected chi connectivity index (χ2v) is 8.06. The number of carbonyl (C=O) groups excluding carboxylic acids is 1. The Labute approximate surface area is 180 Å². The molecule has 2 aliphatic rings. The van der Waals surface area contributed by atoms with Crippen molar-refractivity contribution in [3.8, 4) is 17.1 Å². The predicted octanol–water partition coefficient (Wildman–Crippen LogP) is 3.05. The van der Waals surface area contributed by atoms with Gasteiger partial charge in [0.15, 0.2) is 6.61 Å². The number of benzene rings is 1. The van der Waals surface area contributed by atoms with E-state index in [-0.39, 0.29) is 12.5 Å². The van der Waals surface area contributed by atoms with Crippen molar-refractivity contribution < 1.29 is 14.1 Å². The van der Waals surface area contributed by atoms with E-state index in [9.17, 15) is 4.79 Å². The molecule has 0 bridgehead atoms. The first-order valence-electron chi connectivity index (χ1n) is 10.7. The molecule has 1 aliphatic carbocycles. The molecular weight excluding hydrogens is 394 g/mol. The average Bonchev–Trinajstić information content (AvgIpc) is 3.55. The Bertz CT molecular complexity index is 1050. The average molecular weight is 419 g/mol. The number of para-hydroxylation sites is 1. The smallest absolute Gasteiger partial charge is 0.260 e. The van der Waals surface area contributed by atoms with Crippen molar-refractivity contribution in [2.24, 2.45) is 0 Å². The number of ether oxygens (including phenoxy) is 1. The van der Waals surface area contributed by atoms with Gasteiger partial charge in [-0.25, -0.2) is 4.98 Å². The van der Waals surface area contributed by atoms with Crippen LogP contribution >= 0.6 is 0 Å². The number of pyridine rings is 1. The highest BCUT2D eigenvalue weighted by Gasteiger charge is 2.30. The minimum atomic E-state index is 0.00906. The van der Waals surface area contributed by atoms with Gasteiger partial charge >= 0.3 is 0 Å². The van der Waals surface area contributed by atoms with Gasteiger partial charge in [0.2, 0.25) is 11.7 Å². The van der Waals surface area contributed by atoms with Gasteiger partial charge in [-0.05, 0) is 43.5 Å². The Balaban J connectivity index is 1.14. The maximum Gasteiger partial charge on any atom is 0.260 e. The van der Waals surface area contributed by atoms with Crippen molar-refractivity contribution in [1.29, 1.82) is 0 Å². The molecule has 1 amide bonds. The molecule has 2 aromatic heterocycles. The maximum absolute atomic E-state index is 12.5. The van der Waals surface area contributed by atoms with E-state index in [2.05, 4.69) is 20.0 Å². The second kappa shape index (κ2) is 8.37. The number of aryl methyl sites for hydroxylation is 1. The van der Waals surface area contributed by atoms with Gasteiger partial charge in [-0.2, -0.15) is 4.98 Å². The van der Waals surface area contributed by atoms with E-state index in [1.165, 1.54) is 0 Å². The van der Waals surface area contributed by atoms with Crippen LogP contribution in [0.25, 0.3) is 11.4 Å². The fourth-order valence-corrected chi connectivity index (χ4v) is 3.69. The van der Waals surface area contributed by atoms with Crippen LogP contribution < -0.4 is 9.64 Å². The highest BCUT2D eigenvalue weighted by Crippen LogP contribution is 2.39. The monoisotopic (exact) mass is 419 g/mol. The topological polar surface area (TPSA) is 84.6 Å². The van der Waals surface area contributed by atoms with Crippen LogP contribution in [0.5, 0.6) is 5.75 Å². The minimum absolute atomic E-state index is 0.00906. The molecule has 0 atom stereocenters. The van der Waals surface area contributed by atoms with Crippen molar-refractivity contribution in [1.82, 2.24) is 20.0 Å². The summed E-state index contributed by atoms with van der Waals surface area (Å²) in [6, 6.07) is 11.7. The lowest BCUT2D eigenvalue weighted by molar-refractivity contribution is -0.133. The highest BCUT2D eigenvalue weighted by atomic mass is 16.5. The zero-order valence-electron chi connectivity index (χ0n) is 17.5. The SMILES string of the molecule is Cc1ccccc1OCC(=O)N1CCN(c2ccc(-c3noc(C4CC4)n3)cn2)CC1. The molecule has 3 heterocycles. The molecular formula is C23H25N5O3. The number of amides is 1. The van der Waals surface area contributed by atoms with Crippen LogP contribution in [0.3, 0.4) is 0 Å². The molecule has 0 N–H and O–H groups in total. The van der Waals surface area contributed by atoms with Crippen LogP contribution in [0.15, 0.2) is 47.1 Å². The molecule has 0 unspecified atom stereocenters. The summed E-state index contributed by atoms with van der Waals surface area (Å²) in [4.78, 5) is 25.6. The molecule has 31 heavy (non-hydrogen) atoms. The first kappa shape index (κ1) is 19.5. The highest BCUT2D eigenvalue weighted by molar-refractivity contribution is 5.78. The van der Waals surface area contributed by atoms with Gasteiger partial charge < -0.3 is 19.1 Å². The van der Waals surface area contributed by atoms with Gasteiger partial charge in [0.05, 0.1) is 0 Å². The summed E-state index contributed by atoms with van der Waals surface area (Å²) in [5.41, 5.74) is 1.88. The summed E-state index contributed by atoms with van der Waals surface area (Å²) in [6.07, 6.45) is 4.04. The number of piperazine rings is 1. The summed E-state index contributed by atoms with van der Waals surface area (Å²) in [7, 11) is 0. The molecule has 160 valence electrons. The largest absolute Gasteiger partial charge is 0.484 e. The minimum Gasteiger partial charge on any atom is -0.484 e. The van der Waals surface area contributed by atoms with Gasteiger partial charge in [-0.3, -0.25) is 4.79 Å². The van der Waals surface area contributed by atoms with Crippen LogP contribution in [-0.2, 0) is 4.79 Å². The van der Waals surface area contributed by atoms with E-state index in [1.807, 2.05) is 48.2 Å². The van der Waals surface area contributed by atoms with Gasteiger partial charge in [0.25, 0.3) is 5.91 Å². The summed E-state index contributed by atoms with van der Waals surface area (Å²) < 4.78 is 11.0. The van der Waals surface area contributed by atoms with Crippen molar-refractivity contribution in [2.75, 3.05) is 37.7 Å². The number of aromatic nitrogens is 3. The van der Waals surface area contributed by atoms with Crippen molar-refractivity contribution in [2.45, 2.75) is 25.7 Å². The molecule has 1 aliphatic heterocycles. The molecule has 8 heteroatoms. The normalized spacial score (nSPS) is 16.4. The molecule has 1 aromatic carbocycles. The first-order chi connectivity index (χ1) is 15.2. The Hall–Kier alpha value is -3.42. The number of hydrogen-bond donors (Lipinski definition) is 0. The van der Waals surface area contributed by atoms with Crippen LogP contribution in [0, 0.1) is 6.92 Å². The van der Waals surface area contributed by atoms with E-state index in [0.29, 0.717) is 24.8 Å². The number of anilines is 1. The number of carbonyl (C=O) groups is 1. The van der Waals surface area contributed by atoms with Crippen LogP contribution in [0.4, 0.5) is 5.82 Å². The van der Waals surface area contributed by atoms with E-state index in [1.54, 1.807) is 6.20 Å². The van der Waals surface area contributed by atoms with Crippen LogP contribution in [-0.4, -0.2) is 58.7 Å². The van der Waals surface area contributed by atoms with Gasteiger partial charge in [-0.15, -0.1) is 0 Å². The van der Waals surface area contributed by atoms with E-state index >= 15 is 0 Å². The Morgan fingerprint density at radius 2 is 1.94 bits per heavy atom. The van der Waals surface area contributed by atoms with Crippen LogP contribution in [0.2, 0.25) is 0 Å². The summed E-state index contributed by atoms with van der Waals surface area (Å²) >= 11 is 0. The molecule has 8 nitrogen and oxygen atoms in total. The fourth-order valence-electron chi connectivity index (χ4n) is 3.69. The van der Waals surface area contributed by atoms with Crippen LogP contribution in [0.1, 0.15) is 30.2 Å². The summed E-state index contributed by atoms with van der Waals surface area (Å²) in [5, 5.41) is 4.07. The Morgan fingerprint density at radius 1 is 1.13 bits per heavy atom. The third kappa shape index (κ3) is 4.38. The molecule has 2 fully saturated rings. The zero-order valence-corrected chi connectivity index (χ0v) is 17.5. The van der Waals surface area contributed by atoms with Gasteiger partial charge in [0.1, 0.15) is 11.6 Å². The fraction of sp³-hybridized carbons (Fsp3) is 0.391. The molecule has 0 spiro atoms. The zero-order chi connectivity index (χ0) is 21.2. The summed E-state index contributed by atoms with van der Waals surface area (Å²) in [5.74, 6) is 3.41. The molecule has 1 saturated heterocycles. The lowest BCUT2D eigenvalue weighted by atomic mass is 10.2. The second-order valence-electron chi connectivity index (χ2n) is 8.06. The standard InChI is InChI=1S/C23H25N5O3/c1-16-4-2-3-5-19(16)30-15-21(29)28-12-10-27(11-13-28)20-9-8-18(14-24-20)22-25-23(31-26-22)17-6-7-17/h2-5,8-9,14,17H,6-7,10-13,15H2,1H3. The van der Waals surface area contributed by atoms with E-state index in [0.717, 1.165) is 54.5 Å². The van der Waals surface area contributed by atoms with Gasteiger partial charge in [-0.1, -0.05) is 23.4 Å². The predicted molar refractivity (Wildman–Crippen MR) is 115 cm³/mol.